The van der Waals surface area contributed by atoms with E-state index in [4.69, 9.17) is 11.1 Å². The Morgan fingerprint density at radius 1 is 1.29 bits per heavy atom. The van der Waals surface area contributed by atoms with E-state index < -0.39 is 0 Å². The van der Waals surface area contributed by atoms with Gasteiger partial charge in [0.15, 0.2) is 0 Å². The fraction of sp³-hybridized carbons (Fsp3) is 0.727. The average Bonchev–Trinajstić information content (AvgIpc) is 2.16. The Morgan fingerprint density at radius 2 is 1.86 bits per heavy atom. The third-order valence-corrected chi connectivity index (χ3v) is 2.90. The molecule has 1 aliphatic carbocycles. The van der Waals surface area contributed by atoms with Crippen LogP contribution in [0.15, 0.2) is 11.8 Å². The molecular weight excluding hydrogens is 174 g/mol. The molecule has 80 valence electrons. The molecule has 0 amide bonds. The molecule has 0 aliphatic heterocycles. The van der Waals surface area contributed by atoms with Crippen molar-refractivity contribution >= 4 is 5.71 Å². The van der Waals surface area contributed by atoms with E-state index in [9.17, 15) is 0 Å². The van der Waals surface area contributed by atoms with Crippen molar-refractivity contribution in [2.24, 2.45) is 5.73 Å². The highest BCUT2D eigenvalue weighted by Gasteiger charge is 2.16. The van der Waals surface area contributed by atoms with Gasteiger partial charge in [-0.05, 0) is 45.1 Å². The quantitative estimate of drug-likeness (QED) is 0.601. The van der Waals surface area contributed by atoms with Crippen molar-refractivity contribution in [2.45, 2.75) is 51.6 Å². The first kappa shape index (κ1) is 11.2. The maximum atomic E-state index is 7.42. The molecule has 14 heavy (non-hydrogen) atoms. The summed E-state index contributed by atoms with van der Waals surface area (Å²) in [4.78, 5) is 0. The Balaban J connectivity index is 2.32. The predicted molar refractivity (Wildman–Crippen MR) is 60.5 cm³/mol. The lowest BCUT2D eigenvalue weighted by Gasteiger charge is -2.26. The van der Waals surface area contributed by atoms with Crippen LogP contribution in [0.5, 0.6) is 0 Å². The third kappa shape index (κ3) is 3.50. The number of rotatable bonds is 3. The highest BCUT2D eigenvalue weighted by molar-refractivity contribution is 5.94. The number of nitrogens with two attached hydrogens (primary N) is 1. The van der Waals surface area contributed by atoms with E-state index in [1.165, 1.54) is 0 Å². The van der Waals surface area contributed by atoms with Crippen molar-refractivity contribution in [3.8, 4) is 0 Å². The molecule has 4 N–H and O–H groups in total. The smallest absolute Gasteiger partial charge is 0.0326 e. The summed E-state index contributed by atoms with van der Waals surface area (Å²) in [5, 5.41) is 10.8. The van der Waals surface area contributed by atoms with Gasteiger partial charge in [-0.1, -0.05) is 0 Å². The molecule has 1 saturated carbocycles. The van der Waals surface area contributed by atoms with E-state index in [0.717, 1.165) is 31.3 Å². The van der Waals surface area contributed by atoms with Crippen molar-refractivity contribution in [1.82, 2.24) is 5.32 Å². The Labute approximate surface area is 86.3 Å². The molecule has 3 heteroatoms. The van der Waals surface area contributed by atoms with Crippen LogP contribution < -0.4 is 11.1 Å². The summed E-state index contributed by atoms with van der Waals surface area (Å²) in [5.74, 6) is 0. The zero-order valence-corrected chi connectivity index (χ0v) is 9.14. The SMILES string of the molecule is CC(=N)/C(C)=C\NC1CCC(N)CC1. The van der Waals surface area contributed by atoms with Crippen LogP contribution in [0.2, 0.25) is 0 Å². The number of nitrogens with one attached hydrogen (secondary N) is 2. The fourth-order valence-corrected chi connectivity index (χ4v) is 1.64. The van der Waals surface area contributed by atoms with E-state index in [0.29, 0.717) is 17.8 Å². The minimum atomic E-state index is 0.405. The molecule has 3 nitrogen and oxygen atoms in total. The van der Waals surface area contributed by atoms with Gasteiger partial charge in [0.1, 0.15) is 0 Å². The standard InChI is InChI=1S/C11H21N3/c1-8(9(2)12)7-14-11-5-3-10(13)4-6-11/h7,10-12,14H,3-6,13H2,1-2H3/b8-7-,12-9?. The molecule has 0 aromatic rings. The van der Waals surface area contributed by atoms with Crippen molar-refractivity contribution in [3.05, 3.63) is 11.8 Å². The molecule has 0 atom stereocenters. The summed E-state index contributed by atoms with van der Waals surface area (Å²) in [6.45, 7) is 3.77. The Morgan fingerprint density at radius 3 is 2.36 bits per heavy atom. The van der Waals surface area contributed by atoms with Gasteiger partial charge in [-0.25, -0.2) is 0 Å². The van der Waals surface area contributed by atoms with E-state index in [1.807, 2.05) is 20.0 Å². The minimum Gasteiger partial charge on any atom is -0.388 e. The molecule has 0 unspecified atom stereocenters. The lowest BCUT2D eigenvalue weighted by atomic mass is 9.92. The largest absolute Gasteiger partial charge is 0.388 e. The number of hydrogen-bond donors (Lipinski definition) is 3. The van der Waals surface area contributed by atoms with Crippen LogP contribution in [0.25, 0.3) is 0 Å². The molecule has 0 aromatic heterocycles. The minimum absolute atomic E-state index is 0.405. The topological polar surface area (TPSA) is 61.9 Å². The van der Waals surface area contributed by atoms with E-state index in [2.05, 4.69) is 5.32 Å². The molecule has 1 aliphatic rings. The summed E-state index contributed by atoms with van der Waals surface area (Å²) in [6, 6.07) is 0.965. The predicted octanol–water partition coefficient (Wildman–Crippen LogP) is 1.79. The van der Waals surface area contributed by atoms with E-state index >= 15 is 0 Å². The first-order valence-electron chi connectivity index (χ1n) is 5.33. The Bertz CT molecular complexity index is 225. The summed E-state index contributed by atoms with van der Waals surface area (Å²) in [6.07, 6.45) is 6.51. The molecule has 0 saturated heterocycles. The summed E-state index contributed by atoms with van der Waals surface area (Å²) < 4.78 is 0. The van der Waals surface area contributed by atoms with Gasteiger partial charge < -0.3 is 16.5 Å². The van der Waals surface area contributed by atoms with Crippen molar-refractivity contribution in [1.29, 1.82) is 5.41 Å². The lowest BCUT2D eigenvalue weighted by Crippen LogP contribution is -2.35. The molecule has 0 radical (unpaired) electrons. The Kier molecular flexibility index (Phi) is 4.14. The first-order chi connectivity index (χ1) is 6.59. The van der Waals surface area contributed by atoms with E-state index in [1.54, 1.807) is 0 Å². The second-order valence-corrected chi connectivity index (χ2v) is 4.23. The second-order valence-electron chi connectivity index (χ2n) is 4.23. The zero-order valence-electron chi connectivity index (χ0n) is 9.14. The monoisotopic (exact) mass is 195 g/mol. The number of allylic oxidation sites excluding steroid dienone is 1. The summed E-state index contributed by atoms with van der Waals surface area (Å²) >= 11 is 0. The van der Waals surface area contributed by atoms with Gasteiger partial charge in [0, 0.05) is 24.0 Å². The fourth-order valence-electron chi connectivity index (χ4n) is 1.64. The molecule has 0 aromatic carbocycles. The van der Waals surface area contributed by atoms with Crippen LogP contribution in [-0.4, -0.2) is 17.8 Å². The highest BCUT2D eigenvalue weighted by atomic mass is 14.9. The van der Waals surface area contributed by atoms with Crippen LogP contribution in [0.1, 0.15) is 39.5 Å². The van der Waals surface area contributed by atoms with Gasteiger partial charge >= 0.3 is 0 Å². The normalized spacial score (nSPS) is 28.6. The van der Waals surface area contributed by atoms with Gasteiger partial charge in [0.05, 0.1) is 0 Å². The van der Waals surface area contributed by atoms with Gasteiger partial charge in [0.25, 0.3) is 0 Å². The lowest BCUT2D eigenvalue weighted by molar-refractivity contribution is 0.366. The van der Waals surface area contributed by atoms with Gasteiger partial charge in [0.2, 0.25) is 0 Å². The van der Waals surface area contributed by atoms with Gasteiger partial charge in [-0.15, -0.1) is 0 Å². The molecule has 0 bridgehead atoms. The maximum absolute atomic E-state index is 7.42. The first-order valence-corrected chi connectivity index (χ1v) is 5.33. The van der Waals surface area contributed by atoms with Crippen molar-refractivity contribution in [2.75, 3.05) is 0 Å². The van der Waals surface area contributed by atoms with Crippen LogP contribution in [0.4, 0.5) is 0 Å². The zero-order chi connectivity index (χ0) is 10.6. The maximum Gasteiger partial charge on any atom is 0.0326 e. The summed E-state index contributed by atoms with van der Waals surface area (Å²) in [5.41, 5.74) is 7.47. The third-order valence-electron chi connectivity index (χ3n) is 2.90. The molecule has 1 rings (SSSR count). The van der Waals surface area contributed by atoms with E-state index in [-0.39, 0.29) is 0 Å². The highest BCUT2D eigenvalue weighted by Crippen LogP contribution is 2.16. The van der Waals surface area contributed by atoms with Crippen LogP contribution in [0, 0.1) is 5.41 Å². The molecule has 1 fully saturated rings. The van der Waals surface area contributed by atoms with Crippen LogP contribution >= 0.6 is 0 Å². The number of hydrogen-bond acceptors (Lipinski definition) is 3. The molecule has 0 heterocycles. The van der Waals surface area contributed by atoms with Gasteiger partial charge in [-0.2, -0.15) is 0 Å². The van der Waals surface area contributed by atoms with Gasteiger partial charge in [-0.3, -0.25) is 0 Å². The Hall–Kier alpha value is -0.830. The van der Waals surface area contributed by atoms with Crippen LogP contribution in [0.3, 0.4) is 0 Å². The van der Waals surface area contributed by atoms with Crippen molar-refractivity contribution in [3.63, 3.8) is 0 Å². The second kappa shape index (κ2) is 5.15. The summed E-state index contributed by atoms with van der Waals surface area (Å²) in [7, 11) is 0. The molecular formula is C11H21N3. The average molecular weight is 195 g/mol. The van der Waals surface area contributed by atoms with Crippen LogP contribution in [-0.2, 0) is 0 Å². The molecule has 0 spiro atoms. The van der Waals surface area contributed by atoms with Crippen molar-refractivity contribution < 1.29 is 0 Å².